The summed E-state index contributed by atoms with van der Waals surface area (Å²) < 4.78 is 25.4. The maximum absolute atomic E-state index is 11.3. The van der Waals surface area contributed by atoms with Crippen LogP contribution in [0.25, 0.3) is 0 Å². The first kappa shape index (κ1) is 14.0. The number of unbranched alkanes of at least 4 members (excludes halogenated alkanes) is 1. The van der Waals surface area contributed by atoms with Gasteiger partial charge in [0, 0.05) is 5.54 Å². The molecule has 1 rings (SSSR count). The van der Waals surface area contributed by atoms with Crippen LogP contribution < -0.4 is 4.72 Å². The summed E-state index contributed by atoms with van der Waals surface area (Å²) >= 11 is 0. The van der Waals surface area contributed by atoms with Crippen molar-refractivity contribution in [1.29, 1.82) is 0 Å². The van der Waals surface area contributed by atoms with Gasteiger partial charge in [-0.25, -0.2) is 13.1 Å². The molecule has 1 saturated carbocycles. The summed E-state index contributed by atoms with van der Waals surface area (Å²) in [6, 6.07) is 0. The van der Waals surface area contributed by atoms with E-state index in [1.165, 1.54) is 25.5 Å². The summed E-state index contributed by atoms with van der Waals surface area (Å²) in [5, 5.41) is 0. The largest absolute Gasteiger partial charge is 0.213 e. The van der Waals surface area contributed by atoms with Gasteiger partial charge in [0.25, 0.3) is 0 Å². The minimum Gasteiger partial charge on any atom is -0.213 e. The van der Waals surface area contributed by atoms with E-state index in [0.29, 0.717) is 11.8 Å². The van der Waals surface area contributed by atoms with Crippen LogP contribution >= 0.6 is 0 Å². The lowest BCUT2D eigenvalue weighted by atomic mass is 9.92. The molecule has 0 saturated heterocycles. The Morgan fingerprint density at radius 3 is 2.50 bits per heavy atom. The summed E-state index contributed by atoms with van der Waals surface area (Å²) in [6.07, 6.45) is 6.92. The Hall–Kier alpha value is -0.0900. The summed E-state index contributed by atoms with van der Waals surface area (Å²) in [4.78, 5) is 0. The zero-order chi connectivity index (χ0) is 12.4. The summed E-state index contributed by atoms with van der Waals surface area (Å²) in [6.45, 7) is 6.49. The standard InChI is InChI=1S/C12H25NO2S/c1-5-6-7-11-9-12(3,8-10(11)2)13-16(4,14)15/h10-11,13H,5-9H2,1-4H3/t10-,11?,12+/m1/s1. The molecule has 0 aromatic carbocycles. The maximum atomic E-state index is 11.3. The normalized spacial score (nSPS) is 35.5. The fourth-order valence-corrected chi connectivity index (χ4v) is 4.19. The molecule has 1 aliphatic carbocycles. The van der Waals surface area contributed by atoms with Gasteiger partial charge in [0.2, 0.25) is 10.0 Å². The zero-order valence-electron chi connectivity index (χ0n) is 10.9. The second kappa shape index (κ2) is 5.05. The molecule has 0 bridgehead atoms. The van der Waals surface area contributed by atoms with Gasteiger partial charge in [-0.2, -0.15) is 0 Å². The van der Waals surface area contributed by atoms with Crippen LogP contribution in [0.5, 0.6) is 0 Å². The van der Waals surface area contributed by atoms with Crippen molar-refractivity contribution >= 4 is 10.0 Å². The van der Waals surface area contributed by atoms with E-state index in [4.69, 9.17) is 0 Å². The fourth-order valence-electron chi connectivity index (χ4n) is 3.12. The summed E-state index contributed by atoms with van der Waals surface area (Å²) in [5.41, 5.74) is -0.217. The second-order valence-electron chi connectivity index (χ2n) is 5.72. The first-order valence-corrected chi connectivity index (χ1v) is 8.14. The Morgan fingerprint density at radius 2 is 2.00 bits per heavy atom. The number of rotatable bonds is 5. The van der Waals surface area contributed by atoms with Gasteiger partial charge in [0.1, 0.15) is 0 Å². The van der Waals surface area contributed by atoms with Crippen molar-refractivity contribution in [2.24, 2.45) is 11.8 Å². The van der Waals surface area contributed by atoms with Crippen molar-refractivity contribution in [3.63, 3.8) is 0 Å². The molecule has 3 nitrogen and oxygen atoms in total. The van der Waals surface area contributed by atoms with Gasteiger partial charge in [-0.15, -0.1) is 0 Å². The minimum absolute atomic E-state index is 0.217. The SMILES string of the molecule is CCCCC1C[C@@](C)(NS(C)(=O)=O)C[C@H]1C. The predicted molar refractivity (Wildman–Crippen MR) is 67.8 cm³/mol. The lowest BCUT2D eigenvalue weighted by Crippen LogP contribution is -2.43. The van der Waals surface area contributed by atoms with E-state index in [1.807, 2.05) is 6.92 Å². The third-order valence-electron chi connectivity index (χ3n) is 3.65. The van der Waals surface area contributed by atoms with Crippen molar-refractivity contribution in [3.05, 3.63) is 0 Å². The monoisotopic (exact) mass is 247 g/mol. The molecule has 4 heteroatoms. The molecule has 0 aromatic rings. The quantitative estimate of drug-likeness (QED) is 0.811. The first-order chi connectivity index (χ1) is 7.26. The Kier molecular flexibility index (Phi) is 4.41. The molecule has 3 atom stereocenters. The van der Waals surface area contributed by atoms with Crippen molar-refractivity contribution < 1.29 is 8.42 Å². The molecular weight excluding hydrogens is 222 g/mol. The van der Waals surface area contributed by atoms with E-state index in [-0.39, 0.29) is 5.54 Å². The molecule has 0 radical (unpaired) electrons. The predicted octanol–water partition coefficient (Wildman–Crippen LogP) is 2.53. The van der Waals surface area contributed by atoms with Gasteiger partial charge in [-0.1, -0.05) is 33.1 Å². The van der Waals surface area contributed by atoms with E-state index in [1.54, 1.807) is 0 Å². The van der Waals surface area contributed by atoms with E-state index < -0.39 is 10.0 Å². The Balaban J connectivity index is 2.60. The topological polar surface area (TPSA) is 46.2 Å². The van der Waals surface area contributed by atoms with Gasteiger partial charge in [-0.3, -0.25) is 0 Å². The van der Waals surface area contributed by atoms with Crippen molar-refractivity contribution in [2.75, 3.05) is 6.26 Å². The van der Waals surface area contributed by atoms with E-state index in [9.17, 15) is 8.42 Å². The molecule has 1 aliphatic rings. The highest BCUT2D eigenvalue weighted by molar-refractivity contribution is 7.88. The molecule has 0 amide bonds. The van der Waals surface area contributed by atoms with Crippen molar-refractivity contribution in [1.82, 2.24) is 4.72 Å². The molecule has 0 spiro atoms. The Labute approximate surface area is 100 Å². The smallest absolute Gasteiger partial charge is 0.209 e. The molecule has 1 fully saturated rings. The second-order valence-corrected chi connectivity index (χ2v) is 7.47. The first-order valence-electron chi connectivity index (χ1n) is 6.25. The van der Waals surface area contributed by atoms with Crippen LogP contribution in [0.3, 0.4) is 0 Å². The summed E-state index contributed by atoms with van der Waals surface area (Å²) in [7, 11) is -3.08. The van der Waals surface area contributed by atoms with Crippen LogP contribution in [0.1, 0.15) is 52.9 Å². The zero-order valence-corrected chi connectivity index (χ0v) is 11.7. The van der Waals surface area contributed by atoms with E-state index >= 15 is 0 Å². The molecule has 96 valence electrons. The third-order valence-corrected chi connectivity index (χ3v) is 4.51. The number of sulfonamides is 1. The molecular formula is C12H25NO2S. The minimum atomic E-state index is -3.08. The van der Waals surface area contributed by atoms with Crippen LogP contribution in [-0.2, 0) is 10.0 Å². The lowest BCUT2D eigenvalue weighted by Gasteiger charge is -2.24. The van der Waals surface area contributed by atoms with Crippen LogP contribution in [0.2, 0.25) is 0 Å². The molecule has 16 heavy (non-hydrogen) atoms. The van der Waals surface area contributed by atoms with Gasteiger partial charge in [-0.05, 0) is 31.6 Å². The van der Waals surface area contributed by atoms with Crippen LogP contribution in [0, 0.1) is 11.8 Å². The van der Waals surface area contributed by atoms with Crippen LogP contribution in [-0.4, -0.2) is 20.2 Å². The number of hydrogen-bond acceptors (Lipinski definition) is 2. The molecule has 0 heterocycles. The lowest BCUT2D eigenvalue weighted by molar-refractivity contribution is 0.373. The van der Waals surface area contributed by atoms with Gasteiger partial charge < -0.3 is 0 Å². The average Bonchev–Trinajstić information content (AvgIpc) is 2.34. The number of nitrogens with one attached hydrogen (secondary N) is 1. The average molecular weight is 247 g/mol. The highest BCUT2D eigenvalue weighted by Crippen LogP contribution is 2.41. The summed E-state index contributed by atoms with van der Waals surface area (Å²) in [5.74, 6) is 1.31. The Morgan fingerprint density at radius 1 is 1.38 bits per heavy atom. The molecule has 0 aliphatic heterocycles. The van der Waals surface area contributed by atoms with Crippen molar-refractivity contribution in [2.45, 2.75) is 58.4 Å². The van der Waals surface area contributed by atoms with Gasteiger partial charge in [0.15, 0.2) is 0 Å². The fraction of sp³-hybridized carbons (Fsp3) is 1.00. The van der Waals surface area contributed by atoms with Gasteiger partial charge >= 0.3 is 0 Å². The molecule has 0 aromatic heterocycles. The van der Waals surface area contributed by atoms with E-state index in [2.05, 4.69) is 18.6 Å². The molecule has 1 N–H and O–H groups in total. The highest BCUT2D eigenvalue weighted by atomic mass is 32.2. The highest BCUT2D eigenvalue weighted by Gasteiger charge is 2.41. The Bertz CT molecular complexity index is 326. The van der Waals surface area contributed by atoms with Gasteiger partial charge in [0.05, 0.1) is 6.26 Å². The number of hydrogen-bond donors (Lipinski definition) is 1. The third kappa shape index (κ3) is 4.06. The van der Waals surface area contributed by atoms with Crippen LogP contribution in [0.4, 0.5) is 0 Å². The molecule has 1 unspecified atom stereocenters. The van der Waals surface area contributed by atoms with Crippen LogP contribution in [0.15, 0.2) is 0 Å². The van der Waals surface area contributed by atoms with E-state index in [0.717, 1.165) is 12.8 Å². The van der Waals surface area contributed by atoms with Crippen molar-refractivity contribution in [3.8, 4) is 0 Å². The maximum Gasteiger partial charge on any atom is 0.209 e.